The fourth-order valence-electron chi connectivity index (χ4n) is 2.16. The van der Waals surface area contributed by atoms with E-state index in [9.17, 15) is 4.79 Å². The number of amides is 1. The summed E-state index contributed by atoms with van der Waals surface area (Å²) in [5.41, 5.74) is 6.63. The van der Waals surface area contributed by atoms with E-state index in [0.29, 0.717) is 23.8 Å². The molecule has 19 heavy (non-hydrogen) atoms. The van der Waals surface area contributed by atoms with Crippen LogP contribution in [0.2, 0.25) is 0 Å². The third-order valence-corrected chi connectivity index (χ3v) is 4.82. The molecule has 0 spiro atoms. The van der Waals surface area contributed by atoms with Gasteiger partial charge >= 0.3 is 0 Å². The Morgan fingerprint density at radius 3 is 3.11 bits per heavy atom. The van der Waals surface area contributed by atoms with Crippen molar-refractivity contribution in [2.45, 2.75) is 12.5 Å². The molecule has 1 amide bonds. The van der Waals surface area contributed by atoms with Crippen LogP contribution in [0.3, 0.4) is 0 Å². The van der Waals surface area contributed by atoms with Gasteiger partial charge in [0.1, 0.15) is 4.88 Å². The van der Waals surface area contributed by atoms with Crippen molar-refractivity contribution in [3.63, 3.8) is 0 Å². The number of ether oxygens (including phenoxy) is 1. The van der Waals surface area contributed by atoms with Crippen LogP contribution in [0.4, 0.5) is 5.69 Å². The number of fused-ring (bicyclic) bond motifs is 1. The number of carbonyl (C=O) groups excluding carboxylic acids is 1. The molecule has 1 aliphatic heterocycles. The van der Waals surface area contributed by atoms with E-state index in [4.69, 9.17) is 10.5 Å². The fourth-order valence-corrected chi connectivity index (χ4v) is 3.74. The number of halogens is 1. The Kier molecular flexibility index (Phi) is 3.47. The Hall–Kier alpha value is -1.11. The Labute approximate surface area is 123 Å². The van der Waals surface area contributed by atoms with Crippen molar-refractivity contribution in [3.05, 3.63) is 27.5 Å². The first kappa shape index (κ1) is 12.9. The molecule has 6 heteroatoms. The second-order valence-electron chi connectivity index (χ2n) is 4.52. The number of hydrogen-bond acceptors (Lipinski definition) is 4. The summed E-state index contributed by atoms with van der Waals surface area (Å²) in [5, 5.41) is 3.90. The summed E-state index contributed by atoms with van der Waals surface area (Å²) in [5.74, 6) is -0.106. The molecule has 2 heterocycles. The highest BCUT2D eigenvalue weighted by molar-refractivity contribution is 9.10. The predicted octanol–water partition coefficient (Wildman–Crippen LogP) is 2.76. The zero-order chi connectivity index (χ0) is 13.4. The van der Waals surface area contributed by atoms with Crippen molar-refractivity contribution < 1.29 is 9.53 Å². The Balaban J connectivity index is 1.91. The maximum absolute atomic E-state index is 12.2. The SMILES string of the molecule is Nc1c(C(=O)NC2CCOC2)sc2cc(Br)ccc12. The van der Waals surface area contributed by atoms with Crippen molar-refractivity contribution >= 4 is 48.9 Å². The van der Waals surface area contributed by atoms with Crippen LogP contribution < -0.4 is 11.1 Å². The van der Waals surface area contributed by atoms with Gasteiger partial charge in [0.05, 0.1) is 18.3 Å². The van der Waals surface area contributed by atoms with E-state index >= 15 is 0 Å². The third kappa shape index (κ3) is 2.48. The van der Waals surface area contributed by atoms with Crippen molar-refractivity contribution in [2.24, 2.45) is 0 Å². The van der Waals surface area contributed by atoms with E-state index < -0.39 is 0 Å². The molecule has 1 aromatic carbocycles. The Bertz CT molecular complexity index is 635. The van der Waals surface area contributed by atoms with Crippen LogP contribution >= 0.6 is 27.3 Å². The first-order valence-electron chi connectivity index (χ1n) is 6.01. The lowest BCUT2D eigenvalue weighted by molar-refractivity contribution is 0.0935. The molecule has 0 radical (unpaired) electrons. The molecule has 1 saturated heterocycles. The Morgan fingerprint density at radius 2 is 2.37 bits per heavy atom. The third-order valence-electron chi connectivity index (χ3n) is 3.16. The van der Waals surface area contributed by atoms with E-state index in [-0.39, 0.29) is 11.9 Å². The van der Waals surface area contributed by atoms with Crippen LogP contribution in [0.5, 0.6) is 0 Å². The number of nitrogens with one attached hydrogen (secondary N) is 1. The van der Waals surface area contributed by atoms with E-state index in [1.165, 1.54) is 11.3 Å². The van der Waals surface area contributed by atoms with E-state index in [2.05, 4.69) is 21.2 Å². The number of thiophene rings is 1. The topological polar surface area (TPSA) is 64.4 Å². The Morgan fingerprint density at radius 1 is 1.53 bits per heavy atom. The van der Waals surface area contributed by atoms with Gasteiger partial charge in [-0.05, 0) is 18.6 Å². The molecule has 4 nitrogen and oxygen atoms in total. The first-order chi connectivity index (χ1) is 9.15. The molecular formula is C13H13BrN2O2S. The van der Waals surface area contributed by atoms with Gasteiger partial charge in [-0.15, -0.1) is 11.3 Å². The molecule has 1 aromatic heterocycles. The summed E-state index contributed by atoms with van der Waals surface area (Å²) < 4.78 is 7.25. The average molecular weight is 341 g/mol. The second kappa shape index (κ2) is 5.11. The van der Waals surface area contributed by atoms with Gasteiger partial charge in [0.2, 0.25) is 0 Å². The largest absolute Gasteiger partial charge is 0.397 e. The van der Waals surface area contributed by atoms with Crippen LogP contribution in [-0.4, -0.2) is 25.2 Å². The van der Waals surface area contributed by atoms with Gasteiger partial charge in [-0.3, -0.25) is 4.79 Å². The molecule has 3 N–H and O–H groups in total. The lowest BCUT2D eigenvalue weighted by atomic mass is 10.2. The first-order valence-corrected chi connectivity index (χ1v) is 7.62. The summed E-state index contributed by atoms with van der Waals surface area (Å²) in [6.07, 6.45) is 0.863. The van der Waals surface area contributed by atoms with Crippen molar-refractivity contribution in [3.8, 4) is 0 Å². The van der Waals surface area contributed by atoms with Crippen LogP contribution in [0, 0.1) is 0 Å². The number of nitrogens with two attached hydrogens (primary N) is 1. The van der Waals surface area contributed by atoms with Gasteiger partial charge in [-0.25, -0.2) is 0 Å². The molecule has 1 fully saturated rings. The monoisotopic (exact) mass is 340 g/mol. The van der Waals surface area contributed by atoms with Crippen molar-refractivity contribution in [2.75, 3.05) is 18.9 Å². The van der Waals surface area contributed by atoms with Gasteiger partial charge in [-0.2, -0.15) is 0 Å². The summed E-state index contributed by atoms with van der Waals surface area (Å²) >= 11 is 4.84. The molecule has 1 atom stereocenters. The quantitative estimate of drug-likeness (QED) is 0.883. The fraction of sp³-hybridized carbons (Fsp3) is 0.308. The normalized spacial score (nSPS) is 18.9. The average Bonchev–Trinajstić information content (AvgIpc) is 2.97. The highest BCUT2D eigenvalue weighted by Gasteiger charge is 2.22. The molecule has 0 bridgehead atoms. The lowest BCUT2D eigenvalue weighted by Crippen LogP contribution is -2.34. The van der Waals surface area contributed by atoms with Gasteiger partial charge < -0.3 is 15.8 Å². The maximum Gasteiger partial charge on any atom is 0.263 e. The number of hydrogen-bond donors (Lipinski definition) is 2. The highest BCUT2D eigenvalue weighted by Crippen LogP contribution is 2.35. The molecule has 3 rings (SSSR count). The molecule has 0 saturated carbocycles. The molecule has 0 aliphatic carbocycles. The highest BCUT2D eigenvalue weighted by atomic mass is 79.9. The predicted molar refractivity (Wildman–Crippen MR) is 80.6 cm³/mol. The number of nitrogen functional groups attached to an aromatic ring is 1. The van der Waals surface area contributed by atoms with E-state index in [1.807, 2.05) is 18.2 Å². The molecule has 1 aliphatic rings. The van der Waals surface area contributed by atoms with Crippen LogP contribution in [0.15, 0.2) is 22.7 Å². The minimum absolute atomic E-state index is 0.101. The summed E-state index contributed by atoms with van der Waals surface area (Å²) in [6.45, 7) is 1.29. The van der Waals surface area contributed by atoms with Gasteiger partial charge in [0.25, 0.3) is 5.91 Å². The zero-order valence-corrected chi connectivity index (χ0v) is 12.5. The molecular weight excluding hydrogens is 328 g/mol. The number of rotatable bonds is 2. The summed E-state index contributed by atoms with van der Waals surface area (Å²) in [6, 6.07) is 5.94. The van der Waals surface area contributed by atoms with Crippen molar-refractivity contribution in [1.82, 2.24) is 5.32 Å². The number of anilines is 1. The molecule has 1 unspecified atom stereocenters. The van der Waals surface area contributed by atoms with Crippen molar-refractivity contribution in [1.29, 1.82) is 0 Å². The van der Waals surface area contributed by atoms with Crippen LogP contribution in [0.1, 0.15) is 16.1 Å². The minimum atomic E-state index is -0.106. The van der Waals surface area contributed by atoms with Gasteiger partial charge in [0, 0.05) is 21.2 Å². The zero-order valence-electron chi connectivity index (χ0n) is 10.1. The molecule has 2 aromatic rings. The van der Waals surface area contributed by atoms with Gasteiger partial charge in [0.15, 0.2) is 0 Å². The summed E-state index contributed by atoms with van der Waals surface area (Å²) in [4.78, 5) is 12.8. The van der Waals surface area contributed by atoms with Crippen LogP contribution in [-0.2, 0) is 4.74 Å². The minimum Gasteiger partial charge on any atom is -0.397 e. The number of carbonyl (C=O) groups is 1. The van der Waals surface area contributed by atoms with Crippen LogP contribution in [0.25, 0.3) is 10.1 Å². The summed E-state index contributed by atoms with van der Waals surface area (Å²) in [7, 11) is 0. The second-order valence-corrected chi connectivity index (χ2v) is 6.49. The van der Waals surface area contributed by atoms with E-state index in [0.717, 1.165) is 21.0 Å². The van der Waals surface area contributed by atoms with E-state index in [1.54, 1.807) is 0 Å². The number of benzene rings is 1. The smallest absolute Gasteiger partial charge is 0.263 e. The lowest BCUT2D eigenvalue weighted by Gasteiger charge is -2.09. The van der Waals surface area contributed by atoms with Gasteiger partial charge in [-0.1, -0.05) is 22.0 Å². The maximum atomic E-state index is 12.2. The molecule has 100 valence electrons. The standard InChI is InChI=1S/C13H13BrN2O2S/c14-7-1-2-9-10(5-7)19-12(11(9)15)13(17)16-8-3-4-18-6-8/h1-2,5,8H,3-4,6,15H2,(H,16,17).